The topological polar surface area (TPSA) is 49.9 Å². The third-order valence-electron chi connectivity index (χ3n) is 2.85. The zero-order chi connectivity index (χ0) is 13.1. The fourth-order valence-corrected chi connectivity index (χ4v) is 1.98. The Hall–Kier alpha value is -2.49. The Labute approximate surface area is 111 Å². The van der Waals surface area contributed by atoms with E-state index in [0.717, 1.165) is 28.2 Å². The van der Waals surface area contributed by atoms with Gasteiger partial charge in [-0.15, -0.1) is 0 Å². The van der Waals surface area contributed by atoms with Gasteiger partial charge in [0.15, 0.2) is 0 Å². The molecule has 1 aromatic carbocycles. The van der Waals surface area contributed by atoms with Crippen LogP contribution in [0.3, 0.4) is 0 Å². The summed E-state index contributed by atoms with van der Waals surface area (Å²) in [4.78, 5) is 7.42. The van der Waals surface area contributed by atoms with Crippen molar-refractivity contribution in [1.29, 1.82) is 0 Å². The van der Waals surface area contributed by atoms with Crippen molar-refractivity contribution >= 4 is 22.4 Å². The Morgan fingerprint density at radius 1 is 1.16 bits per heavy atom. The molecule has 4 nitrogen and oxygen atoms in total. The first-order chi connectivity index (χ1) is 9.35. The van der Waals surface area contributed by atoms with Gasteiger partial charge >= 0.3 is 0 Å². The molecule has 0 bridgehead atoms. The van der Waals surface area contributed by atoms with E-state index in [1.807, 2.05) is 49.6 Å². The molecule has 19 heavy (non-hydrogen) atoms. The quantitative estimate of drug-likeness (QED) is 0.745. The highest BCUT2D eigenvalue weighted by atomic mass is 16.5. The third-order valence-corrected chi connectivity index (χ3v) is 2.85. The lowest BCUT2D eigenvalue weighted by molar-refractivity contribution is 0.340. The number of hydrogen-bond donors (Lipinski definition) is 2. The van der Waals surface area contributed by atoms with Gasteiger partial charge in [0.2, 0.25) is 0 Å². The van der Waals surface area contributed by atoms with Crippen LogP contribution in [0.2, 0.25) is 0 Å². The second-order valence-corrected chi connectivity index (χ2v) is 4.22. The van der Waals surface area contributed by atoms with Crippen LogP contribution < -0.4 is 10.1 Å². The summed E-state index contributed by atoms with van der Waals surface area (Å²) in [5, 5.41) is 4.42. The normalized spacial score (nSPS) is 10.6. The Morgan fingerprint density at radius 2 is 2.00 bits per heavy atom. The van der Waals surface area contributed by atoms with Gasteiger partial charge in [-0.05, 0) is 43.3 Å². The minimum absolute atomic E-state index is 0.681. The van der Waals surface area contributed by atoms with Crippen LogP contribution in [-0.2, 0) is 0 Å². The molecule has 0 aliphatic heterocycles. The smallest absolute Gasteiger partial charge is 0.137 e. The molecule has 3 aromatic rings. The van der Waals surface area contributed by atoms with Gasteiger partial charge in [0.05, 0.1) is 18.5 Å². The average Bonchev–Trinajstić information content (AvgIpc) is 2.89. The van der Waals surface area contributed by atoms with Gasteiger partial charge in [-0.3, -0.25) is 0 Å². The van der Waals surface area contributed by atoms with E-state index in [1.165, 1.54) is 0 Å². The minimum atomic E-state index is 0.681. The predicted molar refractivity (Wildman–Crippen MR) is 77.0 cm³/mol. The van der Waals surface area contributed by atoms with Gasteiger partial charge in [0.1, 0.15) is 11.4 Å². The number of pyridine rings is 1. The highest BCUT2D eigenvalue weighted by Gasteiger charge is 2.00. The van der Waals surface area contributed by atoms with Crippen molar-refractivity contribution < 1.29 is 4.74 Å². The number of nitrogens with zero attached hydrogens (tertiary/aromatic N) is 1. The van der Waals surface area contributed by atoms with Crippen molar-refractivity contribution in [3.63, 3.8) is 0 Å². The first kappa shape index (κ1) is 11.6. The van der Waals surface area contributed by atoms with Gasteiger partial charge in [-0.2, -0.15) is 0 Å². The fraction of sp³-hybridized carbons (Fsp3) is 0.133. The van der Waals surface area contributed by atoms with Crippen molar-refractivity contribution in [3.8, 4) is 5.75 Å². The second-order valence-electron chi connectivity index (χ2n) is 4.22. The molecule has 0 aliphatic rings. The molecular weight excluding hydrogens is 238 g/mol. The number of benzene rings is 1. The van der Waals surface area contributed by atoms with Crippen LogP contribution in [0.5, 0.6) is 5.75 Å². The number of rotatable bonds is 4. The maximum atomic E-state index is 5.41. The van der Waals surface area contributed by atoms with Crippen LogP contribution in [0.4, 0.5) is 11.4 Å². The predicted octanol–water partition coefficient (Wildman–Crippen LogP) is 3.71. The van der Waals surface area contributed by atoms with E-state index in [2.05, 4.69) is 21.4 Å². The molecule has 96 valence electrons. The van der Waals surface area contributed by atoms with Crippen LogP contribution in [-0.4, -0.2) is 16.6 Å². The van der Waals surface area contributed by atoms with Crippen molar-refractivity contribution in [2.24, 2.45) is 0 Å². The Balaban J connectivity index is 1.79. The molecular formula is C15H15N3O. The molecule has 0 unspecified atom stereocenters. The van der Waals surface area contributed by atoms with Gasteiger partial charge < -0.3 is 15.0 Å². The van der Waals surface area contributed by atoms with Crippen molar-refractivity contribution in [3.05, 3.63) is 48.8 Å². The van der Waals surface area contributed by atoms with E-state index in [9.17, 15) is 0 Å². The number of ether oxygens (including phenoxy) is 1. The van der Waals surface area contributed by atoms with E-state index >= 15 is 0 Å². The van der Waals surface area contributed by atoms with Crippen LogP contribution in [0.15, 0.2) is 48.8 Å². The first-order valence-electron chi connectivity index (χ1n) is 6.28. The number of hydrogen-bond acceptors (Lipinski definition) is 3. The standard InChI is InChI=1S/C15H15N3O/c1-2-19-14-5-3-12(4-6-14)18-13-9-11-7-8-16-15(11)17-10-13/h3-10,18H,2H2,1H3,(H,16,17). The van der Waals surface area contributed by atoms with Gasteiger partial charge in [0.25, 0.3) is 0 Å². The average molecular weight is 253 g/mol. The molecule has 0 aliphatic carbocycles. The fourth-order valence-electron chi connectivity index (χ4n) is 1.98. The molecule has 0 radical (unpaired) electrons. The minimum Gasteiger partial charge on any atom is -0.494 e. The second kappa shape index (κ2) is 5.02. The monoisotopic (exact) mass is 253 g/mol. The van der Waals surface area contributed by atoms with Gasteiger partial charge in [0, 0.05) is 17.3 Å². The van der Waals surface area contributed by atoms with Crippen molar-refractivity contribution in [1.82, 2.24) is 9.97 Å². The van der Waals surface area contributed by atoms with Crippen LogP contribution in [0, 0.1) is 0 Å². The Morgan fingerprint density at radius 3 is 2.79 bits per heavy atom. The lowest BCUT2D eigenvalue weighted by Gasteiger charge is -2.07. The maximum absolute atomic E-state index is 5.41. The largest absolute Gasteiger partial charge is 0.494 e. The van der Waals surface area contributed by atoms with Crippen molar-refractivity contribution in [2.75, 3.05) is 11.9 Å². The highest BCUT2D eigenvalue weighted by Crippen LogP contribution is 2.21. The maximum Gasteiger partial charge on any atom is 0.137 e. The SMILES string of the molecule is CCOc1ccc(Nc2cnc3[nH]ccc3c2)cc1. The summed E-state index contributed by atoms with van der Waals surface area (Å²) >= 11 is 0. The molecule has 0 fully saturated rings. The Bertz CT molecular complexity index is 673. The van der Waals surface area contributed by atoms with E-state index in [4.69, 9.17) is 4.74 Å². The lowest BCUT2D eigenvalue weighted by Crippen LogP contribution is -1.93. The zero-order valence-corrected chi connectivity index (χ0v) is 10.7. The molecule has 0 spiro atoms. The molecule has 0 atom stereocenters. The number of aromatic amines is 1. The molecule has 2 N–H and O–H groups in total. The molecule has 0 saturated heterocycles. The molecule has 0 saturated carbocycles. The summed E-state index contributed by atoms with van der Waals surface area (Å²) in [6.07, 6.45) is 3.70. The van der Waals surface area contributed by atoms with E-state index < -0.39 is 0 Å². The Kier molecular flexibility index (Phi) is 3.06. The summed E-state index contributed by atoms with van der Waals surface area (Å²) in [5.74, 6) is 0.882. The summed E-state index contributed by atoms with van der Waals surface area (Å²) in [6, 6.07) is 12.0. The summed E-state index contributed by atoms with van der Waals surface area (Å²) in [6.45, 7) is 2.66. The van der Waals surface area contributed by atoms with Crippen LogP contribution >= 0.6 is 0 Å². The van der Waals surface area contributed by atoms with E-state index in [1.54, 1.807) is 0 Å². The van der Waals surface area contributed by atoms with Gasteiger partial charge in [-0.1, -0.05) is 0 Å². The van der Waals surface area contributed by atoms with Crippen LogP contribution in [0.25, 0.3) is 11.0 Å². The van der Waals surface area contributed by atoms with E-state index in [0.29, 0.717) is 6.61 Å². The lowest BCUT2D eigenvalue weighted by atomic mass is 10.2. The summed E-state index contributed by atoms with van der Waals surface area (Å²) in [7, 11) is 0. The molecule has 2 heterocycles. The number of nitrogens with one attached hydrogen (secondary N) is 2. The summed E-state index contributed by atoms with van der Waals surface area (Å²) < 4.78 is 5.41. The molecule has 0 amide bonds. The van der Waals surface area contributed by atoms with Gasteiger partial charge in [-0.25, -0.2) is 4.98 Å². The van der Waals surface area contributed by atoms with E-state index in [-0.39, 0.29) is 0 Å². The van der Waals surface area contributed by atoms with Crippen molar-refractivity contribution in [2.45, 2.75) is 6.92 Å². The molecule has 4 heteroatoms. The number of H-pyrrole nitrogens is 1. The number of aromatic nitrogens is 2. The number of fused-ring (bicyclic) bond motifs is 1. The zero-order valence-electron chi connectivity index (χ0n) is 10.7. The summed E-state index contributed by atoms with van der Waals surface area (Å²) in [5.41, 5.74) is 2.88. The van der Waals surface area contributed by atoms with Crippen LogP contribution in [0.1, 0.15) is 6.92 Å². The highest BCUT2D eigenvalue weighted by molar-refractivity contribution is 5.80. The first-order valence-corrected chi connectivity index (χ1v) is 6.28. The number of anilines is 2. The molecule has 2 aromatic heterocycles. The third kappa shape index (κ3) is 2.52. The molecule has 3 rings (SSSR count).